The van der Waals surface area contributed by atoms with Gasteiger partial charge in [-0.15, -0.1) is 11.3 Å². The Morgan fingerprint density at radius 1 is 1.38 bits per heavy atom. The van der Waals surface area contributed by atoms with Gasteiger partial charge in [0, 0.05) is 16.6 Å². The summed E-state index contributed by atoms with van der Waals surface area (Å²) in [4.78, 5) is 2.51. The number of primary sulfonamides is 1. The van der Waals surface area contributed by atoms with Crippen LogP contribution >= 0.6 is 27.3 Å². The van der Waals surface area contributed by atoms with Crippen LogP contribution in [-0.2, 0) is 16.6 Å². The third-order valence-electron chi connectivity index (χ3n) is 3.70. The highest BCUT2D eigenvalue weighted by Crippen LogP contribution is 2.38. The number of rotatable bonds is 6. The van der Waals surface area contributed by atoms with E-state index in [1.54, 1.807) is 12.5 Å². The SMILES string of the molecule is COc1cccc(N(Cc2sccc2S(N)(=O)=O)c2onc(C)c2Br)c1. The van der Waals surface area contributed by atoms with Crippen LogP contribution in [0.25, 0.3) is 0 Å². The molecular formula is C16H16BrN3O4S2. The quantitative estimate of drug-likeness (QED) is 0.604. The molecule has 0 saturated heterocycles. The Morgan fingerprint density at radius 2 is 2.15 bits per heavy atom. The lowest BCUT2D eigenvalue weighted by Gasteiger charge is -2.22. The van der Waals surface area contributed by atoms with Gasteiger partial charge in [0.25, 0.3) is 0 Å². The molecule has 0 spiro atoms. The van der Waals surface area contributed by atoms with E-state index in [2.05, 4.69) is 21.1 Å². The van der Waals surface area contributed by atoms with Crippen molar-refractivity contribution in [3.8, 4) is 5.75 Å². The van der Waals surface area contributed by atoms with E-state index in [1.165, 1.54) is 17.4 Å². The smallest absolute Gasteiger partial charge is 0.246 e. The van der Waals surface area contributed by atoms with E-state index in [1.807, 2.05) is 36.1 Å². The van der Waals surface area contributed by atoms with Gasteiger partial charge < -0.3 is 14.2 Å². The molecule has 0 aliphatic heterocycles. The summed E-state index contributed by atoms with van der Waals surface area (Å²) in [6, 6.07) is 8.86. The predicted octanol–water partition coefficient (Wildman–Crippen LogP) is 3.80. The Labute approximate surface area is 163 Å². The van der Waals surface area contributed by atoms with Crippen LogP contribution in [0.3, 0.4) is 0 Å². The number of thiophene rings is 1. The minimum atomic E-state index is -3.82. The minimum absolute atomic E-state index is 0.0998. The second kappa shape index (κ2) is 7.39. The molecule has 0 aliphatic rings. The summed E-state index contributed by atoms with van der Waals surface area (Å²) in [6.45, 7) is 2.05. The van der Waals surface area contributed by atoms with Gasteiger partial charge in [-0.3, -0.25) is 0 Å². The van der Waals surface area contributed by atoms with Crippen LogP contribution in [0, 0.1) is 6.92 Å². The third kappa shape index (κ3) is 3.78. The second-order valence-electron chi connectivity index (χ2n) is 5.43. The zero-order valence-corrected chi connectivity index (χ0v) is 17.2. The molecule has 2 heterocycles. The van der Waals surface area contributed by atoms with Crippen molar-refractivity contribution >= 4 is 48.9 Å². The Bertz CT molecular complexity index is 1030. The van der Waals surface area contributed by atoms with Crippen molar-refractivity contribution in [1.29, 1.82) is 0 Å². The molecule has 1 aromatic carbocycles. The van der Waals surface area contributed by atoms with Gasteiger partial charge in [0.05, 0.1) is 24.2 Å². The first-order chi connectivity index (χ1) is 12.3. The van der Waals surface area contributed by atoms with Gasteiger partial charge in [0.1, 0.15) is 10.2 Å². The second-order valence-corrected chi connectivity index (χ2v) is 8.75. The number of halogens is 1. The number of aromatic nitrogens is 1. The molecule has 0 bridgehead atoms. The number of aryl methyl sites for hydroxylation is 1. The van der Waals surface area contributed by atoms with Crippen LogP contribution in [-0.4, -0.2) is 20.7 Å². The first kappa shape index (κ1) is 18.9. The van der Waals surface area contributed by atoms with E-state index >= 15 is 0 Å². The van der Waals surface area contributed by atoms with Crippen LogP contribution in [0.5, 0.6) is 5.75 Å². The van der Waals surface area contributed by atoms with E-state index in [9.17, 15) is 8.42 Å². The van der Waals surface area contributed by atoms with Crippen LogP contribution in [0.2, 0.25) is 0 Å². The normalized spacial score (nSPS) is 11.5. The number of hydrogen-bond donors (Lipinski definition) is 1. The molecule has 0 atom stereocenters. The molecule has 0 unspecified atom stereocenters. The van der Waals surface area contributed by atoms with E-state index in [0.29, 0.717) is 26.7 Å². The summed E-state index contributed by atoms with van der Waals surface area (Å²) in [7, 11) is -2.24. The highest BCUT2D eigenvalue weighted by Gasteiger charge is 2.24. The summed E-state index contributed by atoms with van der Waals surface area (Å²) in [5, 5.41) is 11.0. The minimum Gasteiger partial charge on any atom is -0.497 e. The summed E-state index contributed by atoms with van der Waals surface area (Å²) in [5.74, 6) is 1.13. The predicted molar refractivity (Wildman–Crippen MR) is 103 cm³/mol. The highest BCUT2D eigenvalue weighted by molar-refractivity contribution is 9.10. The Hall–Kier alpha value is -1.88. The van der Waals surface area contributed by atoms with E-state index in [4.69, 9.17) is 14.4 Å². The van der Waals surface area contributed by atoms with E-state index in [-0.39, 0.29) is 11.4 Å². The van der Waals surface area contributed by atoms with Crippen LogP contribution < -0.4 is 14.8 Å². The maximum absolute atomic E-state index is 11.8. The Morgan fingerprint density at radius 3 is 2.77 bits per heavy atom. The number of methoxy groups -OCH3 is 1. The number of nitrogens with two attached hydrogens (primary N) is 1. The van der Waals surface area contributed by atoms with Crippen LogP contribution in [0.4, 0.5) is 11.6 Å². The Kier molecular flexibility index (Phi) is 5.37. The molecule has 0 saturated carbocycles. The van der Waals surface area contributed by atoms with Crippen molar-refractivity contribution < 1.29 is 17.7 Å². The zero-order valence-electron chi connectivity index (χ0n) is 14.0. The lowest BCUT2D eigenvalue weighted by atomic mass is 10.2. The monoisotopic (exact) mass is 457 g/mol. The molecule has 7 nitrogen and oxygen atoms in total. The van der Waals surface area contributed by atoms with Gasteiger partial charge in [-0.25, -0.2) is 13.6 Å². The van der Waals surface area contributed by atoms with Crippen molar-refractivity contribution in [3.63, 3.8) is 0 Å². The fourth-order valence-corrected chi connectivity index (χ4v) is 4.75. The molecule has 0 amide bonds. The molecule has 0 fully saturated rings. The van der Waals surface area contributed by atoms with Gasteiger partial charge in [0.2, 0.25) is 15.9 Å². The maximum Gasteiger partial charge on any atom is 0.246 e. The van der Waals surface area contributed by atoms with Crippen molar-refractivity contribution in [3.05, 3.63) is 50.8 Å². The zero-order chi connectivity index (χ0) is 18.9. The van der Waals surface area contributed by atoms with Gasteiger partial charge >= 0.3 is 0 Å². The van der Waals surface area contributed by atoms with E-state index in [0.717, 1.165) is 5.69 Å². The molecule has 0 radical (unpaired) electrons. The largest absolute Gasteiger partial charge is 0.497 e. The fourth-order valence-electron chi connectivity index (χ4n) is 2.41. The lowest BCUT2D eigenvalue weighted by Crippen LogP contribution is -2.19. The summed E-state index contributed by atoms with van der Waals surface area (Å²) >= 11 is 4.78. The average Bonchev–Trinajstić information content (AvgIpc) is 3.20. The topological polar surface area (TPSA) is 98.7 Å². The molecule has 138 valence electrons. The van der Waals surface area contributed by atoms with E-state index < -0.39 is 10.0 Å². The maximum atomic E-state index is 11.8. The summed E-state index contributed by atoms with van der Waals surface area (Å²) in [6.07, 6.45) is 0. The van der Waals surface area contributed by atoms with Gasteiger partial charge in [0.15, 0.2) is 0 Å². The van der Waals surface area contributed by atoms with Gasteiger partial charge in [-0.05, 0) is 46.4 Å². The molecule has 3 rings (SSSR count). The Balaban J connectivity index is 2.10. The van der Waals surface area contributed by atoms with Crippen LogP contribution in [0.15, 0.2) is 49.6 Å². The average molecular weight is 458 g/mol. The standard InChI is InChI=1S/C16H16BrN3O4S2/c1-10-15(17)16(24-19-10)20(11-4-3-5-12(8-11)23-2)9-13-14(6-7-25-13)26(18,21)22/h3-8H,9H2,1-2H3,(H2,18,21,22). The molecule has 2 aromatic heterocycles. The van der Waals surface area contributed by atoms with Crippen molar-refractivity contribution in [2.75, 3.05) is 12.0 Å². The summed E-state index contributed by atoms with van der Waals surface area (Å²) in [5.41, 5.74) is 1.45. The fraction of sp³-hybridized carbons (Fsp3) is 0.188. The van der Waals surface area contributed by atoms with Crippen LogP contribution in [0.1, 0.15) is 10.6 Å². The first-order valence-electron chi connectivity index (χ1n) is 7.44. The molecule has 0 aliphatic carbocycles. The number of hydrogen-bond acceptors (Lipinski definition) is 7. The van der Waals surface area contributed by atoms with Crippen molar-refractivity contribution in [2.45, 2.75) is 18.4 Å². The first-order valence-corrected chi connectivity index (χ1v) is 10.7. The highest BCUT2D eigenvalue weighted by atomic mass is 79.9. The third-order valence-corrected chi connectivity index (χ3v) is 6.64. The number of ether oxygens (including phenoxy) is 1. The molecule has 3 aromatic rings. The summed E-state index contributed by atoms with van der Waals surface area (Å²) < 4.78 is 35.1. The number of benzene rings is 1. The number of anilines is 2. The number of sulfonamides is 1. The van der Waals surface area contributed by atoms with Gasteiger partial charge in [-0.1, -0.05) is 11.2 Å². The van der Waals surface area contributed by atoms with Gasteiger partial charge in [-0.2, -0.15) is 0 Å². The van der Waals surface area contributed by atoms with Crippen molar-refractivity contribution in [1.82, 2.24) is 5.16 Å². The molecule has 10 heteroatoms. The lowest BCUT2D eigenvalue weighted by molar-refractivity contribution is 0.412. The molecular weight excluding hydrogens is 442 g/mol. The van der Waals surface area contributed by atoms with Crippen molar-refractivity contribution in [2.24, 2.45) is 5.14 Å². The molecule has 26 heavy (non-hydrogen) atoms. The number of nitrogens with zero attached hydrogens (tertiary/aromatic N) is 2. The molecule has 2 N–H and O–H groups in total.